The van der Waals surface area contributed by atoms with Crippen LogP contribution in [-0.2, 0) is 4.74 Å². The first kappa shape index (κ1) is 16.9. The van der Waals surface area contributed by atoms with Crippen molar-refractivity contribution in [1.29, 1.82) is 0 Å². The van der Waals surface area contributed by atoms with Crippen molar-refractivity contribution >= 4 is 17.8 Å². The molecule has 7 heteroatoms. The van der Waals surface area contributed by atoms with Crippen LogP contribution < -0.4 is 0 Å². The number of aliphatic imine (C=N–C) groups is 1. The summed E-state index contributed by atoms with van der Waals surface area (Å²) in [5, 5.41) is 0. The summed E-state index contributed by atoms with van der Waals surface area (Å²) in [6, 6.07) is 6.73. The average Bonchev–Trinajstić information content (AvgIpc) is 2.67. The summed E-state index contributed by atoms with van der Waals surface area (Å²) < 4.78 is 29.8. The number of hydrogen-bond donors (Lipinski definition) is 0. The minimum Gasteiger partial charge on any atom is -0.465 e. The van der Waals surface area contributed by atoms with Crippen LogP contribution in [0.15, 0.2) is 47.7 Å². The number of allylic oxidation sites excluding steroid dienone is 1. The number of ether oxygens (including phenoxy) is 1. The number of methoxy groups -OCH3 is 1. The van der Waals surface area contributed by atoms with Crippen molar-refractivity contribution < 1.29 is 18.3 Å². The molecule has 0 fully saturated rings. The second-order valence-electron chi connectivity index (χ2n) is 5.41. The largest absolute Gasteiger partial charge is 0.465 e. The maximum Gasteiger partial charge on any atom is 0.337 e. The van der Waals surface area contributed by atoms with Gasteiger partial charge in [0.1, 0.15) is 5.69 Å². The van der Waals surface area contributed by atoms with E-state index in [9.17, 15) is 13.6 Å². The zero-order chi connectivity index (χ0) is 17.8. The first-order chi connectivity index (χ1) is 12.1. The second-order valence-corrected chi connectivity index (χ2v) is 5.41. The molecule has 2 heterocycles. The van der Waals surface area contributed by atoms with Gasteiger partial charge in [-0.1, -0.05) is 12.1 Å². The number of nitrogens with zero attached hydrogens (tertiary/aromatic N) is 3. The van der Waals surface area contributed by atoms with Crippen LogP contribution in [0, 0.1) is 0 Å². The molecule has 1 aliphatic heterocycles. The van der Waals surface area contributed by atoms with Crippen LogP contribution in [-0.4, -0.2) is 29.3 Å². The van der Waals surface area contributed by atoms with Gasteiger partial charge in [-0.15, -0.1) is 0 Å². The molecule has 25 heavy (non-hydrogen) atoms. The van der Waals surface area contributed by atoms with Crippen LogP contribution in [0.3, 0.4) is 0 Å². The number of alkyl halides is 2. The highest BCUT2D eigenvalue weighted by molar-refractivity contribution is 5.89. The summed E-state index contributed by atoms with van der Waals surface area (Å²) in [6.07, 6.45) is 4.04. The fourth-order valence-corrected chi connectivity index (χ4v) is 2.49. The van der Waals surface area contributed by atoms with E-state index in [1.165, 1.54) is 13.3 Å². The number of esters is 1. The number of hydrogen-bond acceptors (Lipinski definition) is 5. The molecule has 5 nitrogen and oxygen atoms in total. The average molecular weight is 343 g/mol. The first-order valence-corrected chi connectivity index (χ1v) is 7.59. The quantitative estimate of drug-likeness (QED) is 0.792. The van der Waals surface area contributed by atoms with E-state index in [0.29, 0.717) is 17.7 Å². The number of carbonyl (C=O) groups is 1. The lowest BCUT2D eigenvalue weighted by atomic mass is 9.98. The Balaban J connectivity index is 1.82. The molecular formula is C18H15F2N3O2. The summed E-state index contributed by atoms with van der Waals surface area (Å²) in [5.74, 6) is -0.399. The molecule has 0 saturated carbocycles. The molecule has 0 spiro atoms. The number of carbonyl (C=O) groups excluding carboxylic acids is 1. The molecule has 128 valence electrons. The lowest BCUT2D eigenvalue weighted by Crippen LogP contribution is -2.04. The van der Waals surface area contributed by atoms with Gasteiger partial charge in [0.05, 0.1) is 36.8 Å². The molecule has 1 aromatic carbocycles. The van der Waals surface area contributed by atoms with Crippen molar-refractivity contribution in [3.05, 3.63) is 65.2 Å². The minimum atomic E-state index is -2.63. The van der Waals surface area contributed by atoms with Gasteiger partial charge in [-0.05, 0) is 29.3 Å². The van der Waals surface area contributed by atoms with Gasteiger partial charge in [-0.2, -0.15) is 0 Å². The summed E-state index contributed by atoms with van der Waals surface area (Å²) in [7, 11) is 1.33. The van der Waals surface area contributed by atoms with Crippen LogP contribution in [0.2, 0.25) is 0 Å². The highest BCUT2D eigenvalue weighted by Crippen LogP contribution is 2.29. The van der Waals surface area contributed by atoms with E-state index in [-0.39, 0.29) is 11.7 Å². The molecule has 1 atom stereocenters. The van der Waals surface area contributed by atoms with Gasteiger partial charge in [-0.25, -0.2) is 13.6 Å². The molecular weight excluding hydrogens is 328 g/mol. The molecule has 1 aliphatic rings. The van der Waals surface area contributed by atoms with Gasteiger partial charge in [0, 0.05) is 12.6 Å². The van der Waals surface area contributed by atoms with E-state index in [1.54, 1.807) is 30.5 Å². The molecule has 0 N–H and O–H groups in total. The van der Waals surface area contributed by atoms with E-state index in [2.05, 4.69) is 19.7 Å². The molecule has 2 aromatic rings. The van der Waals surface area contributed by atoms with Gasteiger partial charge in [0.2, 0.25) is 0 Å². The van der Waals surface area contributed by atoms with Crippen molar-refractivity contribution in [2.75, 3.05) is 7.11 Å². The van der Waals surface area contributed by atoms with Crippen LogP contribution in [0.25, 0.3) is 5.57 Å². The molecule has 0 radical (unpaired) electrons. The van der Waals surface area contributed by atoms with E-state index in [1.807, 2.05) is 6.08 Å². The van der Waals surface area contributed by atoms with Gasteiger partial charge in [0.15, 0.2) is 0 Å². The molecule has 0 saturated heterocycles. The monoisotopic (exact) mass is 343 g/mol. The van der Waals surface area contributed by atoms with Crippen LogP contribution in [0.4, 0.5) is 8.78 Å². The second kappa shape index (κ2) is 7.29. The van der Waals surface area contributed by atoms with Crippen molar-refractivity contribution in [3.8, 4) is 0 Å². The van der Waals surface area contributed by atoms with E-state index in [0.717, 1.165) is 17.3 Å². The van der Waals surface area contributed by atoms with E-state index < -0.39 is 12.4 Å². The Labute approximate surface area is 143 Å². The van der Waals surface area contributed by atoms with Gasteiger partial charge in [-0.3, -0.25) is 15.0 Å². The lowest BCUT2D eigenvalue weighted by Gasteiger charge is -2.16. The number of benzene rings is 1. The summed E-state index contributed by atoms with van der Waals surface area (Å²) in [6.45, 7) is 0. The van der Waals surface area contributed by atoms with Crippen LogP contribution in [0.1, 0.15) is 46.2 Å². The molecule has 0 bridgehead atoms. The fraction of sp³-hybridized carbons (Fsp3) is 0.222. The molecule has 1 aromatic heterocycles. The molecule has 0 aliphatic carbocycles. The minimum absolute atomic E-state index is 0.230. The maximum atomic E-state index is 12.6. The first-order valence-electron chi connectivity index (χ1n) is 7.59. The third-order valence-electron chi connectivity index (χ3n) is 3.83. The van der Waals surface area contributed by atoms with Gasteiger partial charge in [0.25, 0.3) is 6.43 Å². The number of halogens is 2. The van der Waals surface area contributed by atoms with Crippen molar-refractivity contribution in [2.24, 2.45) is 4.99 Å². The summed E-state index contributed by atoms with van der Waals surface area (Å²) in [4.78, 5) is 23.7. The number of dihydropyridines is 1. The highest BCUT2D eigenvalue weighted by Gasteiger charge is 2.16. The summed E-state index contributed by atoms with van der Waals surface area (Å²) in [5.41, 5.74) is 2.43. The Bertz CT molecular complexity index is 815. The van der Waals surface area contributed by atoms with Gasteiger partial charge < -0.3 is 4.74 Å². The zero-order valence-corrected chi connectivity index (χ0v) is 13.4. The summed E-state index contributed by atoms with van der Waals surface area (Å²) >= 11 is 0. The van der Waals surface area contributed by atoms with Gasteiger partial charge >= 0.3 is 5.97 Å². The van der Waals surface area contributed by atoms with E-state index >= 15 is 0 Å². The number of aromatic nitrogens is 2. The van der Waals surface area contributed by atoms with Crippen molar-refractivity contribution in [1.82, 2.24) is 9.97 Å². The normalized spacial score (nSPS) is 16.6. The van der Waals surface area contributed by atoms with E-state index in [4.69, 9.17) is 0 Å². The molecule has 0 amide bonds. The molecule has 0 unspecified atom stereocenters. The third-order valence-corrected chi connectivity index (χ3v) is 3.83. The Morgan fingerprint density at radius 3 is 2.56 bits per heavy atom. The zero-order valence-electron chi connectivity index (χ0n) is 13.4. The Morgan fingerprint density at radius 1 is 1.20 bits per heavy atom. The lowest BCUT2D eigenvalue weighted by molar-refractivity contribution is 0.0600. The number of rotatable bonds is 4. The SMILES string of the molecule is COC(=O)c1ccc([C@@H]2C=C(c3cnc(C(F)F)cn3)CC=N2)cc1. The topological polar surface area (TPSA) is 64.4 Å². The van der Waals surface area contributed by atoms with Crippen molar-refractivity contribution in [2.45, 2.75) is 18.9 Å². The maximum absolute atomic E-state index is 12.6. The Morgan fingerprint density at radius 2 is 1.96 bits per heavy atom. The van der Waals surface area contributed by atoms with Crippen molar-refractivity contribution in [3.63, 3.8) is 0 Å². The molecule has 3 rings (SSSR count). The highest BCUT2D eigenvalue weighted by atomic mass is 19.3. The Kier molecular flexibility index (Phi) is 4.92. The standard InChI is InChI=1S/C18H15F2N3O2/c1-25-18(24)12-4-2-11(3-5-12)14-8-13(6-7-21-14)15-9-23-16(10-22-15)17(19)20/h2-5,7-10,14,17H,6H2,1H3/t14-/m0/s1. The third kappa shape index (κ3) is 3.76. The Hall–Kier alpha value is -2.96. The fourth-order valence-electron chi connectivity index (χ4n) is 2.49. The predicted molar refractivity (Wildman–Crippen MR) is 88.6 cm³/mol. The van der Waals surface area contributed by atoms with Crippen LogP contribution >= 0.6 is 0 Å². The smallest absolute Gasteiger partial charge is 0.337 e. The predicted octanol–water partition coefficient (Wildman–Crippen LogP) is 3.80. The van der Waals surface area contributed by atoms with Crippen LogP contribution in [0.5, 0.6) is 0 Å².